The highest BCUT2D eigenvalue weighted by atomic mass is 32.1. The third kappa shape index (κ3) is 6.67. The molecule has 3 heterocycles. The van der Waals surface area contributed by atoms with Crippen molar-refractivity contribution < 1.29 is 0 Å². The molecule has 0 atom stereocenters. The number of thiophene rings is 1. The van der Waals surface area contributed by atoms with E-state index < -0.39 is 0 Å². The Morgan fingerprint density at radius 3 is 1.47 bits per heavy atom. The maximum absolute atomic E-state index is 9.86. The lowest BCUT2D eigenvalue weighted by Crippen LogP contribution is -2.04. The predicted molar refractivity (Wildman–Crippen MR) is 269 cm³/mol. The highest BCUT2D eigenvalue weighted by Crippen LogP contribution is 2.44. The van der Waals surface area contributed by atoms with E-state index in [1.54, 1.807) is 0 Å². The molecule has 9 aromatic carbocycles. The van der Waals surface area contributed by atoms with Gasteiger partial charge in [-0.25, -0.2) is 15.0 Å². The summed E-state index contributed by atoms with van der Waals surface area (Å²) in [7, 11) is 0. The third-order valence-electron chi connectivity index (χ3n) is 12.3. The van der Waals surface area contributed by atoms with Gasteiger partial charge in [-0.15, -0.1) is 11.3 Å². The van der Waals surface area contributed by atoms with Crippen LogP contribution in [0, 0.1) is 22.7 Å². The fraction of sp³-hybridized carbons (Fsp3) is 0. The number of hydrogen-bond acceptors (Lipinski definition) is 6. The Kier molecular flexibility index (Phi) is 9.35. The Morgan fingerprint density at radius 2 is 0.864 bits per heavy atom. The van der Waals surface area contributed by atoms with Gasteiger partial charge >= 0.3 is 0 Å². The summed E-state index contributed by atoms with van der Waals surface area (Å²) < 4.78 is 4.79. The molecule has 12 rings (SSSR count). The fourth-order valence-electron chi connectivity index (χ4n) is 9.16. The summed E-state index contributed by atoms with van der Waals surface area (Å²) in [6.07, 6.45) is 0. The standard InChI is InChI=1S/C59H34N6S/c60-35-37-12-9-18-41(30-37)43-24-27-47-48-28-25-44(42-19-10-13-38(31-42)36-61)34-54(48)65(53(47)33-43)52-29-26-45(46-21-11-22-50-49-20-7-8-23-55(49)66-56(46)50)32-51(52)59-63-57(39-14-3-1-4-15-39)62-58(64-59)40-16-5-2-6-17-40/h1-34H. The lowest BCUT2D eigenvalue weighted by Gasteiger charge is -2.17. The molecule has 0 N–H and O–H groups in total. The first-order chi connectivity index (χ1) is 32.6. The molecule has 0 fully saturated rings. The largest absolute Gasteiger partial charge is 0.308 e. The minimum Gasteiger partial charge on any atom is -0.308 e. The van der Waals surface area contributed by atoms with Gasteiger partial charge in [-0.2, -0.15) is 10.5 Å². The lowest BCUT2D eigenvalue weighted by molar-refractivity contribution is 1.06. The smallest absolute Gasteiger partial charge is 0.166 e. The average molecular weight is 859 g/mol. The van der Waals surface area contributed by atoms with Crippen molar-refractivity contribution in [3.63, 3.8) is 0 Å². The Hall–Kier alpha value is -9.01. The summed E-state index contributed by atoms with van der Waals surface area (Å²) in [6, 6.07) is 75.1. The van der Waals surface area contributed by atoms with Gasteiger partial charge in [-0.3, -0.25) is 0 Å². The van der Waals surface area contributed by atoms with Crippen LogP contribution in [0.3, 0.4) is 0 Å². The minimum absolute atomic E-state index is 0.536. The molecule has 7 heteroatoms. The summed E-state index contributed by atoms with van der Waals surface area (Å²) in [5.41, 5.74) is 12.7. The molecular formula is C59H34N6S. The van der Waals surface area contributed by atoms with Crippen LogP contribution in [0.15, 0.2) is 206 Å². The van der Waals surface area contributed by atoms with Gasteiger partial charge in [-0.05, 0) is 88.0 Å². The van der Waals surface area contributed by atoms with Gasteiger partial charge in [0.15, 0.2) is 17.5 Å². The molecule has 0 unspecified atom stereocenters. The molecule has 306 valence electrons. The van der Waals surface area contributed by atoms with E-state index in [1.165, 1.54) is 20.2 Å². The van der Waals surface area contributed by atoms with Crippen LogP contribution < -0.4 is 0 Å². The van der Waals surface area contributed by atoms with Gasteiger partial charge < -0.3 is 4.57 Å². The first-order valence-corrected chi connectivity index (χ1v) is 22.4. The lowest BCUT2D eigenvalue weighted by atomic mass is 9.99. The molecule has 0 amide bonds. The number of nitrogens with zero attached hydrogens (tertiary/aromatic N) is 6. The molecule has 66 heavy (non-hydrogen) atoms. The zero-order valence-corrected chi connectivity index (χ0v) is 36.0. The molecule has 0 radical (unpaired) electrons. The summed E-state index contributed by atoms with van der Waals surface area (Å²) in [4.78, 5) is 15.8. The number of rotatable bonds is 7. The van der Waals surface area contributed by atoms with E-state index in [9.17, 15) is 10.5 Å². The SMILES string of the molecule is N#Cc1cccc(-c2ccc3c4ccc(-c5cccc(C#N)c5)cc4n(-c4ccc(-c5cccc6c5sc5ccccc56)cc4-c4nc(-c5ccccc5)nc(-c5ccccc5)n4)c3c2)c1. The topological polar surface area (TPSA) is 91.2 Å². The van der Waals surface area contributed by atoms with Crippen molar-refractivity contribution in [2.75, 3.05) is 0 Å². The van der Waals surface area contributed by atoms with Crippen molar-refractivity contribution >= 4 is 53.3 Å². The monoisotopic (exact) mass is 858 g/mol. The number of aromatic nitrogens is 4. The normalized spacial score (nSPS) is 11.3. The number of hydrogen-bond donors (Lipinski definition) is 0. The second-order valence-electron chi connectivity index (χ2n) is 16.2. The molecule has 0 spiro atoms. The maximum Gasteiger partial charge on any atom is 0.166 e. The van der Waals surface area contributed by atoms with E-state index in [-0.39, 0.29) is 0 Å². The zero-order chi connectivity index (χ0) is 44.1. The van der Waals surface area contributed by atoms with Crippen LogP contribution in [-0.2, 0) is 0 Å². The van der Waals surface area contributed by atoms with Gasteiger partial charge in [0.05, 0.1) is 40.0 Å². The van der Waals surface area contributed by atoms with E-state index in [0.717, 1.165) is 77.6 Å². The van der Waals surface area contributed by atoms with Crippen LogP contribution in [0.25, 0.3) is 115 Å². The van der Waals surface area contributed by atoms with Crippen LogP contribution >= 0.6 is 11.3 Å². The van der Waals surface area contributed by atoms with Crippen LogP contribution in [0.2, 0.25) is 0 Å². The molecule has 3 aromatic heterocycles. The Morgan fingerprint density at radius 1 is 0.364 bits per heavy atom. The first-order valence-electron chi connectivity index (χ1n) is 21.6. The second kappa shape index (κ2) is 16.0. The molecule has 0 aliphatic rings. The van der Waals surface area contributed by atoms with Crippen molar-refractivity contribution in [1.29, 1.82) is 10.5 Å². The van der Waals surface area contributed by atoms with Crippen LogP contribution in [0.1, 0.15) is 11.1 Å². The van der Waals surface area contributed by atoms with Crippen LogP contribution in [0.4, 0.5) is 0 Å². The van der Waals surface area contributed by atoms with E-state index in [4.69, 9.17) is 15.0 Å². The van der Waals surface area contributed by atoms with Crippen molar-refractivity contribution in [3.8, 4) is 85.4 Å². The third-order valence-corrected chi connectivity index (χ3v) is 13.5. The number of nitriles is 2. The van der Waals surface area contributed by atoms with Crippen LogP contribution in [-0.4, -0.2) is 19.5 Å². The molecule has 0 saturated carbocycles. The van der Waals surface area contributed by atoms with Crippen molar-refractivity contribution in [2.45, 2.75) is 0 Å². The zero-order valence-electron chi connectivity index (χ0n) is 35.2. The molecule has 0 aliphatic carbocycles. The summed E-state index contributed by atoms with van der Waals surface area (Å²) in [5.74, 6) is 1.68. The van der Waals surface area contributed by atoms with E-state index >= 15 is 0 Å². The summed E-state index contributed by atoms with van der Waals surface area (Å²) in [5, 5.41) is 24.3. The number of fused-ring (bicyclic) bond motifs is 6. The van der Waals surface area contributed by atoms with Gasteiger partial charge in [0.2, 0.25) is 0 Å². The van der Waals surface area contributed by atoms with Gasteiger partial charge in [0.25, 0.3) is 0 Å². The van der Waals surface area contributed by atoms with Gasteiger partial charge in [0, 0.05) is 47.6 Å². The van der Waals surface area contributed by atoms with Crippen LogP contribution in [0.5, 0.6) is 0 Å². The molecule has 0 aliphatic heterocycles. The molecule has 6 nitrogen and oxygen atoms in total. The molecular weight excluding hydrogens is 825 g/mol. The minimum atomic E-state index is 0.536. The van der Waals surface area contributed by atoms with E-state index in [2.05, 4.69) is 114 Å². The summed E-state index contributed by atoms with van der Waals surface area (Å²) >= 11 is 1.81. The Balaban J connectivity index is 1.19. The Labute approximate surface area is 384 Å². The second-order valence-corrected chi connectivity index (χ2v) is 17.3. The average Bonchev–Trinajstić information content (AvgIpc) is 3.94. The molecule has 0 saturated heterocycles. The van der Waals surface area contributed by atoms with E-state index in [0.29, 0.717) is 28.6 Å². The van der Waals surface area contributed by atoms with Crippen molar-refractivity contribution in [1.82, 2.24) is 19.5 Å². The highest BCUT2D eigenvalue weighted by molar-refractivity contribution is 7.26. The molecule has 0 bridgehead atoms. The Bertz CT molecular complexity index is 3790. The predicted octanol–water partition coefficient (Wildman–Crippen LogP) is 15.1. The van der Waals surface area contributed by atoms with Gasteiger partial charge in [0.1, 0.15) is 0 Å². The summed E-state index contributed by atoms with van der Waals surface area (Å²) in [6.45, 7) is 0. The molecule has 12 aromatic rings. The van der Waals surface area contributed by atoms with Crippen molar-refractivity contribution in [3.05, 3.63) is 217 Å². The maximum atomic E-state index is 9.86. The number of benzene rings is 9. The van der Waals surface area contributed by atoms with E-state index in [1.807, 2.05) is 121 Å². The fourth-order valence-corrected chi connectivity index (χ4v) is 10.4. The van der Waals surface area contributed by atoms with Crippen molar-refractivity contribution in [2.24, 2.45) is 0 Å². The van der Waals surface area contributed by atoms with Gasteiger partial charge in [-0.1, -0.05) is 152 Å². The quantitative estimate of drug-likeness (QED) is 0.159. The first kappa shape index (κ1) is 38.6. The highest BCUT2D eigenvalue weighted by Gasteiger charge is 2.22.